The average Bonchev–Trinajstić information content (AvgIpc) is 2.55. The summed E-state index contributed by atoms with van der Waals surface area (Å²) in [6, 6.07) is 10.2. The molecule has 0 aromatic heterocycles. The van der Waals surface area contributed by atoms with Gasteiger partial charge < -0.3 is 10.6 Å². The van der Waals surface area contributed by atoms with Gasteiger partial charge in [0.25, 0.3) is 5.69 Å². The summed E-state index contributed by atoms with van der Waals surface area (Å²) in [7, 11) is 0. The molecule has 126 valence electrons. The van der Waals surface area contributed by atoms with E-state index in [0.29, 0.717) is 24.3 Å². The number of nitro groups is 1. The van der Waals surface area contributed by atoms with Crippen LogP contribution in [0.2, 0.25) is 5.02 Å². The predicted molar refractivity (Wildman–Crippen MR) is 90.9 cm³/mol. The van der Waals surface area contributed by atoms with E-state index in [9.17, 15) is 19.3 Å². The lowest BCUT2D eigenvalue weighted by Gasteiger charge is -2.08. The summed E-state index contributed by atoms with van der Waals surface area (Å²) in [6.07, 6.45) is 0.690. The normalized spacial score (nSPS) is 10.2. The van der Waals surface area contributed by atoms with Crippen LogP contribution in [0.1, 0.15) is 12.8 Å². The van der Waals surface area contributed by atoms with Gasteiger partial charge in [0.2, 0.25) is 5.91 Å². The number of amides is 1. The van der Waals surface area contributed by atoms with Crippen LogP contribution in [0.15, 0.2) is 42.5 Å². The molecule has 0 spiro atoms. The van der Waals surface area contributed by atoms with Crippen LogP contribution in [0.5, 0.6) is 0 Å². The molecular weight excluding hydrogens is 337 g/mol. The van der Waals surface area contributed by atoms with Gasteiger partial charge in [-0.15, -0.1) is 0 Å². The lowest BCUT2D eigenvalue weighted by Crippen LogP contribution is -2.13. The molecule has 2 aromatic carbocycles. The maximum atomic E-state index is 13.0. The van der Waals surface area contributed by atoms with Gasteiger partial charge >= 0.3 is 0 Å². The molecule has 2 N–H and O–H groups in total. The van der Waals surface area contributed by atoms with E-state index in [4.69, 9.17) is 11.6 Å². The number of nitrogens with one attached hydrogen (secondary N) is 2. The molecule has 1 amide bonds. The molecule has 6 nitrogen and oxygen atoms in total. The fraction of sp³-hybridized carbons (Fsp3) is 0.188. The number of halogens is 2. The third-order valence-electron chi connectivity index (χ3n) is 3.20. The Hall–Kier alpha value is -2.67. The number of para-hydroxylation sites is 2. The van der Waals surface area contributed by atoms with Crippen LogP contribution in [-0.4, -0.2) is 17.4 Å². The number of rotatable bonds is 7. The van der Waals surface area contributed by atoms with Crippen molar-refractivity contribution in [2.45, 2.75) is 12.8 Å². The molecule has 0 saturated carbocycles. The highest BCUT2D eigenvalue weighted by atomic mass is 35.5. The van der Waals surface area contributed by atoms with E-state index in [0.717, 1.165) is 0 Å². The fourth-order valence-corrected chi connectivity index (χ4v) is 2.23. The number of hydrogen-bond acceptors (Lipinski definition) is 4. The maximum absolute atomic E-state index is 13.0. The van der Waals surface area contributed by atoms with Gasteiger partial charge in [-0.3, -0.25) is 14.9 Å². The van der Waals surface area contributed by atoms with Crippen LogP contribution in [0.3, 0.4) is 0 Å². The first-order chi connectivity index (χ1) is 11.5. The molecule has 0 heterocycles. The average molecular weight is 352 g/mol. The van der Waals surface area contributed by atoms with Crippen molar-refractivity contribution >= 4 is 34.6 Å². The number of nitro benzene ring substituents is 1. The Bertz CT molecular complexity index is 755. The number of carbonyl (C=O) groups excluding carboxylic acids is 1. The van der Waals surface area contributed by atoms with Crippen molar-refractivity contribution in [1.82, 2.24) is 0 Å². The number of hydrogen-bond donors (Lipinski definition) is 2. The summed E-state index contributed by atoms with van der Waals surface area (Å²) in [5, 5.41) is 16.4. The van der Waals surface area contributed by atoms with Gasteiger partial charge in [-0.1, -0.05) is 23.7 Å². The van der Waals surface area contributed by atoms with E-state index < -0.39 is 10.7 Å². The highest BCUT2D eigenvalue weighted by molar-refractivity contribution is 6.31. The van der Waals surface area contributed by atoms with Crippen molar-refractivity contribution in [2.75, 3.05) is 17.2 Å². The van der Waals surface area contributed by atoms with Crippen LogP contribution in [-0.2, 0) is 4.79 Å². The van der Waals surface area contributed by atoms with Crippen LogP contribution in [0.4, 0.5) is 21.5 Å². The molecule has 0 saturated heterocycles. The van der Waals surface area contributed by atoms with Gasteiger partial charge in [-0.05, 0) is 30.7 Å². The van der Waals surface area contributed by atoms with Gasteiger partial charge in [0.05, 0.1) is 9.95 Å². The molecule has 0 aliphatic heterocycles. The maximum Gasteiger partial charge on any atom is 0.292 e. The largest absolute Gasteiger partial charge is 0.379 e. The van der Waals surface area contributed by atoms with Crippen LogP contribution >= 0.6 is 11.6 Å². The lowest BCUT2D eigenvalue weighted by molar-refractivity contribution is -0.384. The fourth-order valence-electron chi connectivity index (χ4n) is 2.05. The van der Waals surface area contributed by atoms with Gasteiger partial charge in [-0.2, -0.15) is 0 Å². The SMILES string of the molecule is O=C(CCCNc1ccccc1[N+](=O)[O-])Nc1ccc(F)c(Cl)c1. The number of carbonyl (C=O) groups is 1. The molecule has 2 aromatic rings. The zero-order chi connectivity index (χ0) is 17.5. The molecular formula is C16H15ClFN3O3. The Morgan fingerprint density at radius 1 is 1.25 bits per heavy atom. The monoisotopic (exact) mass is 351 g/mol. The van der Waals surface area contributed by atoms with E-state index in [1.54, 1.807) is 18.2 Å². The van der Waals surface area contributed by atoms with Crippen LogP contribution in [0.25, 0.3) is 0 Å². The van der Waals surface area contributed by atoms with Crippen molar-refractivity contribution in [3.05, 3.63) is 63.4 Å². The topological polar surface area (TPSA) is 84.3 Å². The van der Waals surface area contributed by atoms with E-state index in [1.807, 2.05) is 0 Å². The summed E-state index contributed by atoms with van der Waals surface area (Å²) >= 11 is 5.64. The minimum atomic E-state index is -0.552. The standard InChI is InChI=1S/C16H15ClFN3O3/c17-12-10-11(7-8-13(12)18)20-16(22)6-3-9-19-14-4-1-2-5-15(14)21(23)24/h1-2,4-5,7-8,10,19H,3,6,9H2,(H,20,22). The van der Waals surface area contributed by atoms with E-state index >= 15 is 0 Å². The highest BCUT2D eigenvalue weighted by Crippen LogP contribution is 2.23. The van der Waals surface area contributed by atoms with Crippen molar-refractivity contribution in [3.8, 4) is 0 Å². The first-order valence-electron chi connectivity index (χ1n) is 7.19. The molecule has 0 aliphatic rings. The molecule has 0 bridgehead atoms. The Morgan fingerprint density at radius 3 is 2.71 bits per heavy atom. The Kier molecular flexibility index (Phi) is 6.08. The number of anilines is 2. The molecule has 0 unspecified atom stereocenters. The van der Waals surface area contributed by atoms with Gasteiger partial charge in [-0.25, -0.2) is 4.39 Å². The van der Waals surface area contributed by atoms with E-state index in [-0.39, 0.29) is 23.0 Å². The second-order valence-corrected chi connectivity index (χ2v) is 5.39. The third kappa shape index (κ3) is 4.92. The molecule has 0 radical (unpaired) electrons. The molecule has 0 fully saturated rings. The van der Waals surface area contributed by atoms with Gasteiger partial charge in [0.15, 0.2) is 0 Å². The van der Waals surface area contributed by atoms with Gasteiger partial charge in [0.1, 0.15) is 11.5 Å². The molecule has 0 atom stereocenters. The van der Waals surface area contributed by atoms with E-state index in [2.05, 4.69) is 10.6 Å². The highest BCUT2D eigenvalue weighted by Gasteiger charge is 2.11. The lowest BCUT2D eigenvalue weighted by atomic mass is 10.2. The van der Waals surface area contributed by atoms with Crippen molar-refractivity contribution in [2.24, 2.45) is 0 Å². The Balaban J connectivity index is 1.79. The first kappa shape index (κ1) is 17.7. The number of nitrogens with zero attached hydrogens (tertiary/aromatic N) is 1. The molecule has 2 rings (SSSR count). The summed E-state index contributed by atoms with van der Waals surface area (Å²) in [4.78, 5) is 22.2. The second-order valence-electron chi connectivity index (χ2n) is 4.98. The van der Waals surface area contributed by atoms with Crippen molar-refractivity contribution < 1.29 is 14.1 Å². The molecule has 0 aliphatic carbocycles. The minimum absolute atomic E-state index is 0.0112. The number of benzene rings is 2. The summed E-state index contributed by atoms with van der Waals surface area (Å²) in [5.74, 6) is -0.801. The molecule has 24 heavy (non-hydrogen) atoms. The summed E-state index contributed by atoms with van der Waals surface area (Å²) < 4.78 is 13.0. The Labute approximate surface area is 142 Å². The summed E-state index contributed by atoms with van der Waals surface area (Å²) in [6.45, 7) is 0.405. The summed E-state index contributed by atoms with van der Waals surface area (Å²) in [5.41, 5.74) is 0.814. The zero-order valence-corrected chi connectivity index (χ0v) is 13.3. The predicted octanol–water partition coefficient (Wildman–Crippen LogP) is 4.22. The minimum Gasteiger partial charge on any atom is -0.379 e. The van der Waals surface area contributed by atoms with Crippen molar-refractivity contribution in [3.63, 3.8) is 0 Å². The first-order valence-corrected chi connectivity index (χ1v) is 7.57. The Morgan fingerprint density at radius 2 is 2.00 bits per heavy atom. The molecule has 8 heteroatoms. The van der Waals surface area contributed by atoms with Crippen LogP contribution in [0, 0.1) is 15.9 Å². The van der Waals surface area contributed by atoms with Crippen molar-refractivity contribution in [1.29, 1.82) is 0 Å². The van der Waals surface area contributed by atoms with E-state index in [1.165, 1.54) is 24.3 Å². The van der Waals surface area contributed by atoms with Crippen LogP contribution < -0.4 is 10.6 Å². The van der Waals surface area contributed by atoms with Gasteiger partial charge in [0, 0.05) is 24.7 Å². The second kappa shape index (κ2) is 8.26. The quantitative estimate of drug-likeness (QED) is 0.444. The smallest absolute Gasteiger partial charge is 0.292 e. The zero-order valence-electron chi connectivity index (χ0n) is 12.6. The third-order valence-corrected chi connectivity index (χ3v) is 3.49.